The first kappa shape index (κ1) is 29.0. The maximum absolute atomic E-state index is 13.9. The van der Waals surface area contributed by atoms with Crippen LogP contribution in [0.4, 0.5) is 23.0 Å². The smallest absolute Gasteiger partial charge is 0.262 e. The van der Waals surface area contributed by atoms with Crippen LogP contribution in [0.5, 0.6) is 5.75 Å². The van der Waals surface area contributed by atoms with Gasteiger partial charge in [-0.25, -0.2) is 18.4 Å². The molecule has 10 heteroatoms. The van der Waals surface area contributed by atoms with E-state index in [1.165, 1.54) is 37.1 Å². The van der Waals surface area contributed by atoms with E-state index in [-0.39, 0.29) is 10.8 Å². The average molecular weight is 606 g/mol. The highest BCUT2D eigenvalue weighted by Crippen LogP contribution is 2.33. The minimum atomic E-state index is -3.39. The summed E-state index contributed by atoms with van der Waals surface area (Å²) in [6.07, 6.45) is 8.70. The number of aryl methyl sites for hydroxylation is 1. The monoisotopic (exact) mass is 605 g/mol. The lowest BCUT2D eigenvalue weighted by atomic mass is 10.1. The fourth-order valence-electron chi connectivity index (χ4n) is 4.65. The van der Waals surface area contributed by atoms with Crippen LogP contribution in [0, 0.1) is 12.8 Å². The number of ether oxygens (including phenoxy) is 1. The minimum Gasteiger partial charge on any atom is -0.492 e. The molecule has 6 rings (SSSR count). The Labute approximate surface area is 256 Å². The summed E-state index contributed by atoms with van der Waals surface area (Å²) in [6, 6.07) is 24.6. The summed E-state index contributed by atoms with van der Waals surface area (Å²) in [5.74, 6) is 1.44. The van der Waals surface area contributed by atoms with E-state index in [1.807, 2.05) is 67.6 Å². The molecule has 1 aliphatic carbocycles. The molecule has 1 amide bonds. The Bertz CT molecular complexity index is 1910. The largest absolute Gasteiger partial charge is 0.492 e. The molecule has 9 nitrogen and oxygen atoms in total. The summed E-state index contributed by atoms with van der Waals surface area (Å²) < 4.78 is 29.8. The fraction of sp³-hybridized carbons (Fsp3) is 0.176. The van der Waals surface area contributed by atoms with Gasteiger partial charge < -0.3 is 10.1 Å². The number of aromatic nitrogens is 3. The van der Waals surface area contributed by atoms with Crippen LogP contribution in [0.2, 0.25) is 0 Å². The van der Waals surface area contributed by atoms with Gasteiger partial charge in [0.15, 0.2) is 9.84 Å². The summed E-state index contributed by atoms with van der Waals surface area (Å²) in [7, 11) is -3.39. The van der Waals surface area contributed by atoms with E-state index >= 15 is 0 Å². The SMILES string of the molecule is Cc1ccc(N(C(=O)c2ccc(S(C)(=O)=O)cc2)c2ccccc2)cc1Nc1nccc(-c2cncc(OCC3CC3)c2)n1. The van der Waals surface area contributed by atoms with Gasteiger partial charge in [-0.15, -0.1) is 0 Å². The van der Waals surface area contributed by atoms with Crippen LogP contribution >= 0.6 is 0 Å². The Morgan fingerprint density at radius 3 is 2.45 bits per heavy atom. The zero-order valence-corrected chi connectivity index (χ0v) is 25.2. The molecule has 0 saturated heterocycles. The Morgan fingerprint density at radius 2 is 1.73 bits per heavy atom. The second-order valence-corrected chi connectivity index (χ2v) is 12.8. The Hall–Kier alpha value is -5.09. The molecule has 0 spiro atoms. The van der Waals surface area contributed by atoms with Crippen molar-refractivity contribution in [3.8, 4) is 17.0 Å². The number of rotatable bonds is 10. The fourth-order valence-corrected chi connectivity index (χ4v) is 5.29. The molecular formula is C34H31N5O4S. The van der Waals surface area contributed by atoms with Crippen LogP contribution in [0.25, 0.3) is 11.3 Å². The van der Waals surface area contributed by atoms with Gasteiger partial charge in [0.1, 0.15) is 5.75 Å². The predicted octanol–water partition coefficient (Wildman–Crippen LogP) is 6.76. The van der Waals surface area contributed by atoms with Gasteiger partial charge >= 0.3 is 0 Å². The van der Waals surface area contributed by atoms with Crippen LogP contribution < -0.4 is 15.0 Å². The van der Waals surface area contributed by atoms with Gasteiger partial charge in [-0.1, -0.05) is 24.3 Å². The average Bonchev–Trinajstić information content (AvgIpc) is 3.87. The molecule has 44 heavy (non-hydrogen) atoms. The first-order valence-electron chi connectivity index (χ1n) is 14.2. The molecule has 1 N–H and O–H groups in total. The quantitative estimate of drug-likeness (QED) is 0.186. The minimum absolute atomic E-state index is 0.151. The van der Waals surface area contributed by atoms with Crippen molar-refractivity contribution in [2.45, 2.75) is 24.7 Å². The standard InChI is InChI=1S/C34H31N5O4S/c1-23-8-13-28(39(27-6-4-3-5-7-27)33(40)25-11-14-30(15-12-25)44(2,41)42)19-32(23)38-34-36-17-16-31(37-34)26-18-29(21-35-20-26)43-22-24-9-10-24/h3-8,11-21,24H,9-10,22H2,1-2H3,(H,36,37,38). The van der Waals surface area contributed by atoms with Crippen LogP contribution in [0.1, 0.15) is 28.8 Å². The number of anilines is 4. The normalized spacial score (nSPS) is 12.9. The first-order chi connectivity index (χ1) is 21.2. The molecular weight excluding hydrogens is 574 g/mol. The summed E-state index contributed by atoms with van der Waals surface area (Å²) >= 11 is 0. The Morgan fingerprint density at radius 1 is 0.955 bits per heavy atom. The van der Waals surface area contributed by atoms with E-state index < -0.39 is 9.84 Å². The number of hydrogen-bond donors (Lipinski definition) is 1. The van der Waals surface area contributed by atoms with E-state index in [9.17, 15) is 13.2 Å². The summed E-state index contributed by atoms with van der Waals surface area (Å²) in [6.45, 7) is 2.66. The number of benzene rings is 3. The summed E-state index contributed by atoms with van der Waals surface area (Å²) in [5, 5.41) is 3.32. The van der Waals surface area contributed by atoms with E-state index in [4.69, 9.17) is 9.72 Å². The van der Waals surface area contributed by atoms with E-state index in [0.717, 1.165) is 23.1 Å². The topological polar surface area (TPSA) is 114 Å². The summed E-state index contributed by atoms with van der Waals surface area (Å²) in [4.78, 5) is 29.1. The van der Waals surface area contributed by atoms with Gasteiger partial charge in [-0.3, -0.25) is 14.7 Å². The number of carbonyl (C=O) groups excluding carboxylic acids is 1. The van der Waals surface area contributed by atoms with Gasteiger partial charge in [-0.05, 0) is 91.9 Å². The number of para-hydroxylation sites is 1. The van der Waals surface area contributed by atoms with Crippen molar-refractivity contribution < 1.29 is 17.9 Å². The Kier molecular flexibility index (Phi) is 8.08. The molecule has 2 aromatic heterocycles. The number of sulfone groups is 1. The highest BCUT2D eigenvalue weighted by molar-refractivity contribution is 7.90. The van der Waals surface area contributed by atoms with Crippen molar-refractivity contribution in [1.29, 1.82) is 0 Å². The van der Waals surface area contributed by atoms with Crippen molar-refractivity contribution in [3.05, 3.63) is 115 Å². The molecule has 0 aliphatic heterocycles. The number of carbonyl (C=O) groups is 1. The molecule has 1 aliphatic rings. The third kappa shape index (κ3) is 6.76. The highest BCUT2D eigenvalue weighted by Gasteiger charge is 2.23. The van der Waals surface area contributed by atoms with E-state index in [0.29, 0.717) is 46.9 Å². The second kappa shape index (κ2) is 12.3. The molecule has 3 aromatic carbocycles. The van der Waals surface area contributed by atoms with Crippen LogP contribution in [-0.2, 0) is 9.84 Å². The van der Waals surface area contributed by atoms with Crippen LogP contribution in [-0.4, -0.2) is 42.1 Å². The molecule has 1 fully saturated rings. The molecule has 5 aromatic rings. The van der Waals surface area contributed by atoms with Gasteiger partial charge in [0, 0.05) is 41.2 Å². The maximum Gasteiger partial charge on any atom is 0.262 e. The molecule has 0 atom stereocenters. The summed E-state index contributed by atoms with van der Waals surface area (Å²) in [5.41, 5.74) is 4.79. The third-order valence-electron chi connectivity index (χ3n) is 7.32. The zero-order valence-electron chi connectivity index (χ0n) is 24.3. The van der Waals surface area contributed by atoms with Crippen molar-refractivity contribution in [2.75, 3.05) is 23.1 Å². The van der Waals surface area contributed by atoms with Gasteiger partial charge in [-0.2, -0.15) is 0 Å². The first-order valence-corrected chi connectivity index (χ1v) is 16.1. The van der Waals surface area contributed by atoms with Crippen LogP contribution in [0.3, 0.4) is 0 Å². The lowest BCUT2D eigenvalue weighted by molar-refractivity contribution is 0.0999. The number of pyridine rings is 1. The highest BCUT2D eigenvalue weighted by atomic mass is 32.2. The van der Waals surface area contributed by atoms with Gasteiger partial charge in [0.05, 0.1) is 29.1 Å². The van der Waals surface area contributed by atoms with Crippen molar-refractivity contribution in [2.24, 2.45) is 5.92 Å². The maximum atomic E-state index is 13.9. The number of hydrogen-bond acceptors (Lipinski definition) is 8. The lowest BCUT2D eigenvalue weighted by Gasteiger charge is -2.24. The van der Waals surface area contributed by atoms with E-state index in [1.54, 1.807) is 23.5 Å². The number of nitrogens with zero attached hydrogens (tertiary/aromatic N) is 4. The number of nitrogens with one attached hydrogen (secondary N) is 1. The van der Waals surface area contributed by atoms with E-state index in [2.05, 4.69) is 15.3 Å². The third-order valence-corrected chi connectivity index (χ3v) is 8.45. The van der Waals surface area contributed by atoms with Crippen LogP contribution in [0.15, 0.2) is 108 Å². The van der Waals surface area contributed by atoms with Crippen molar-refractivity contribution in [1.82, 2.24) is 15.0 Å². The molecule has 0 radical (unpaired) electrons. The van der Waals surface area contributed by atoms with Gasteiger partial charge in [0.2, 0.25) is 5.95 Å². The van der Waals surface area contributed by atoms with Crippen molar-refractivity contribution in [3.63, 3.8) is 0 Å². The molecule has 0 unspecified atom stereocenters. The van der Waals surface area contributed by atoms with Gasteiger partial charge in [0.25, 0.3) is 5.91 Å². The molecule has 222 valence electrons. The second-order valence-electron chi connectivity index (χ2n) is 10.8. The lowest BCUT2D eigenvalue weighted by Crippen LogP contribution is -2.26. The predicted molar refractivity (Wildman–Crippen MR) is 170 cm³/mol. The molecule has 2 heterocycles. The van der Waals surface area contributed by atoms with Crippen molar-refractivity contribution >= 4 is 38.8 Å². The zero-order chi connectivity index (χ0) is 30.7. The number of amides is 1. The molecule has 1 saturated carbocycles. The molecule has 0 bridgehead atoms. The Balaban J connectivity index is 1.29.